The Morgan fingerprint density at radius 1 is 1.13 bits per heavy atom. The first-order valence-electron chi connectivity index (χ1n) is 9.77. The van der Waals surface area contributed by atoms with Crippen LogP contribution in [0.4, 0.5) is 11.4 Å². The van der Waals surface area contributed by atoms with Gasteiger partial charge in [0.15, 0.2) is 0 Å². The van der Waals surface area contributed by atoms with Crippen molar-refractivity contribution in [3.05, 3.63) is 59.7 Å². The molecule has 0 saturated heterocycles. The van der Waals surface area contributed by atoms with Gasteiger partial charge in [-0.1, -0.05) is 25.5 Å². The van der Waals surface area contributed by atoms with Gasteiger partial charge in [0.05, 0.1) is 24.1 Å². The molecule has 30 heavy (non-hydrogen) atoms. The van der Waals surface area contributed by atoms with E-state index in [1.807, 2.05) is 19.9 Å². The van der Waals surface area contributed by atoms with Gasteiger partial charge in [-0.3, -0.25) is 9.10 Å². The topological polar surface area (TPSA) is 92.8 Å². The average Bonchev–Trinajstić information content (AvgIpc) is 2.67. The minimum absolute atomic E-state index is 0.367. The summed E-state index contributed by atoms with van der Waals surface area (Å²) in [5.41, 5.74) is 2.14. The second-order valence-electron chi connectivity index (χ2n) is 7.13. The number of benzene rings is 2. The number of unbranched alkanes of at least 4 members (excludes halogenated alkanes) is 1. The lowest BCUT2D eigenvalue weighted by atomic mass is 10.2. The molecule has 2 rings (SSSR count). The Labute approximate surface area is 178 Å². The van der Waals surface area contributed by atoms with Gasteiger partial charge in [0.2, 0.25) is 15.9 Å². The molecule has 1 N–H and O–H groups in total. The number of carbonyl (C=O) groups excluding carboxylic acids is 2. The molecule has 0 aliphatic heterocycles. The molecule has 1 amide bonds. The van der Waals surface area contributed by atoms with Gasteiger partial charge in [0, 0.05) is 5.69 Å². The van der Waals surface area contributed by atoms with E-state index in [2.05, 4.69) is 5.32 Å². The number of nitrogens with zero attached hydrogens (tertiary/aromatic N) is 1. The number of hydrogen-bond acceptors (Lipinski definition) is 5. The number of hydrogen-bond donors (Lipinski definition) is 1. The van der Waals surface area contributed by atoms with Crippen molar-refractivity contribution in [3.63, 3.8) is 0 Å². The molecule has 8 heteroatoms. The molecule has 0 saturated carbocycles. The number of aryl methyl sites for hydroxylation is 1. The van der Waals surface area contributed by atoms with E-state index in [4.69, 9.17) is 4.74 Å². The van der Waals surface area contributed by atoms with Crippen molar-refractivity contribution < 1.29 is 22.7 Å². The lowest BCUT2D eigenvalue weighted by Crippen LogP contribution is -2.45. The number of ether oxygens (including phenoxy) is 1. The van der Waals surface area contributed by atoms with Gasteiger partial charge in [-0.2, -0.15) is 0 Å². The minimum atomic E-state index is -3.69. The molecule has 0 spiro atoms. The highest BCUT2D eigenvalue weighted by atomic mass is 32.2. The van der Waals surface area contributed by atoms with E-state index in [9.17, 15) is 18.0 Å². The fourth-order valence-electron chi connectivity index (χ4n) is 2.90. The van der Waals surface area contributed by atoms with Crippen molar-refractivity contribution in [2.45, 2.75) is 39.7 Å². The van der Waals surface area contributed by atoms with Gasteiger partial charge < -0.3 is 10.1 Å². The number of sulfonamides is 1. The quantitative estimate of drug-likeness (QED) is 0.481. The van der Waals surface area contributed by atoms with Crippen molar-refractivity contribution in [2.75, 3.05) is 22.5 Å². The maximum Gasteiger partial charge on any atom is 0.338 e. The van der Waals surface area contributed by atoms with E-state index < -0.39 is 27.9 Å². The summed E-state index contributed by atoms with van der Waals surface area (Å²) in [6.07, 6.45) is 2.80. The second-order valence-corrected chi connectivity index (χ2v) is 8.99. The highest BCUT2D eigenvalue weighted by Crippen LogP contribution is 2.23. The van der Waals surface area contributed by atoms with E-state index in [0.29, 0.717) is 23.5 Å². The first-order chi connectivity index (χ1) is 14.1. The predicted molar refractivity (Wildman–Crippen MR) is 118 cm³/mol. The van der Waals surface area contributed by atoms with Crippen molar-refractivity contribution >= 4 is 33.3 Å². The van der Waals surface area contributed by atoms with Gasteiger partial charge in [0.25, 0.3) is 0 Å². The lowest BCUT2D eigenvalue weighted by Gasteiger charge is -2.28. The molecule has 1 atom stereocenters. The summed E-state index contributed by atoms with van der Waals surface area (Å²) in [5, 5.41) is 2.70. The fraction of sp³-hybridized carbons (Fsp3) is 0.364. The van der Waals surface area contributed by atoms with Crippen molar-refractivity contribution in [1.82, 2.24) is 0 Å². The van der Waals surface area contributed by atoms with Gasteiger partial charge in [0.1, 0.15) is 6.04 Å². The monoisotopic (exact) mass is 432 g/mol. The van der Waals surface area contributed by atoms with Crippen LogP contribution < -0.4 is 9.62 Å². The number of esters is 1. The van der Waals surface area contributed by atoms with Crippen LogP contribution in [-0.4, -0.2) is 39.2 Å². The van der Waals surface area contributed by atoms with E-state index in [-0.39, 0.29) is 0 Å². The van der Waals surface area contributed by atoms with Crippen LogP contribution in [0, 0.1) is 6.92 Å². The van der Waals surface area contributed by atoms with Crippen LogP contribution in [0.25, 0.3) is 0 Å². The molecule has 7 nitrogen and oxygen atoms in total. The first kappa shape index (κ1) is 23.4. The zero-order valence-electron chi connectivity index (χ0n) is 17.7. The maximum atomic E-state index is 12.7. The van der Waals surface area contributed by atoms with Crippen LogP contribution in [0.5, 0.6) is 0 Å². The molecular weight excluding hydrogens is 404 g/mol. The summed E-state index contributed by atoms with van der Waals surface area (Å²) in [4.78, 5) is 24.7. The average molecular weight is 433 g/mol. The number of amides is 1. The Morgan fingerprint density at radius 2 is 1.80 bits per heavy atom. The van der Waals surface area contributed by atoms with Gasteiger partial charge in [-0.15, -0.1) is 0 Å². The number of carbonyl (C=O) groups is 2. The Morgan fingerprint density at radius 3 is 2.37 bits per heavy atom. The predicted octanol–water partition coefficient (Wildman–Crippen LogP) is 3.75. The minimum Gasteiger partial charge on any atom is -0.462 e. The van der Waals surface area contributed by atoms with Crippen LogP contribution in [0.15, 0.2) is 48.5 Å². The summed E-state index contributed by atoms with van der Waals surface area (Å²) < 4.78 is 31.0. The van der Waals surface area contributed by atoms with Crippen LogP contribution in [0.1, 0.15) is 42.6 Å². The molecule has 2 aromatic rings. The SMILES string of the molecule is CCCCOC(=O)c1ccc(NC(=O)C(C)N(c2cccc(C)c2)S(C)(=O)=O)cc1. The number of rotatable bonds is 9. The van der Waals surface area contributed by atoms with E-state index in [0.717, 1.165) is 29.0 Å². The van der Waals surface area contributed by atoms with Gasteiger partial charge in [-0.25, -0.2) is 13.2 Å². The second kappa shape index (κ2) is 10.2. The zero-order valence-corrected chi connectivity index (χ0v) is 18.5. The molecule has 162 valence electrons. The normalized spacial score (nSPS) is 12.1. The van der Waals surface area contributed by atoms with Gasteiger partial charge in [-0.05, 0) is 62.2 Å². The molecule has 0 aliphatic rings. The number of nitrogens with one attached hydrogen (secondary N) is 1. The molecular formula is C22H28N2O5S. The molecule has 0 radical (unpaired) electrons. The molecule has 2 aromatic carbocycles. The van der Waals surface area contributed by atoms with Crippen molar-refractivity contribution in [1.29, 1.82) is 0 Å². The third kappa shape index (κ3) is 6.32. The Kier molecular flexibility index (Phi) is 8.00. The Hall–Kier alpha value is -2.87. The first-order valence-corrected chi connectivity index (χ1v) is 11.6. The van der Waals surface area contributed by atoms with Crippen LogP contribution in [0.2, 0.25) is 0 Å². The zero-order chi connectivity index (χ0) is 22.3. The highest BCUT2D eigenvalue weighted by molar-refractivity contribution is 7.92. The van der Waals surface area contributed by atoms with Crippen molar-refractivity contribution in [2.24, 2.45) is 0 Å². The Bertz CT molecular complexity index is 987. The van der Waals surface area contributed by atoms with E-state index >= 15 is 0 Å². The smallest absolute Gasteiger partial charge is 0.338 e. The molecule has 0 aliphatic carbocycles. The summed E-state index contributed by atoms with van der Waals surface area (Å²) in [7, 11) is -3.69. The van der Waals surface area contributed by atoms with Crippen LogP contribution in [-0.2, 0) is 19.6 Å². The summed E-state index contributed by atoms with van der Waals surface area (Å²) in [6, 6.07) is 12.3. The third-order valence-electron chi connectivity index (χ3n) is 4.46. The molecule has 0 fully saturated rings. The summed E-state index contributed by atoms with van der Waals surface area (Å²) in [6.45, 7) is 5.75. The maximum absolute atomic E-state index is 12.7. The number of anilines is 2. The van der Waals surface area contributed by atoms with E-state index in [1.54, 1.807) is 42.5 Å². The molecule has 1 unspecified atom stereocenters. The largest absolute Gasteiger partial charge is 0.462 e. The third-order valence-corrected chi connectivity index (χ3v) is 5.71. The molecule has 0 heterocycles. The van der Waals surface area contributed by atoms with Gasteiger partial charge >= 0.3 is 5.97 Å². The highest BCUT2D eigenvalue weighted by Gasteiger charge is 2.29. The molecule has 0 aromatic heterocycles. The summed E-state index contributed by atoms with van der Waals surface area (Å²) >= 11 is 0. The Balaban J connectivity index is 2.12. The molecule has 0 bridgehead atoms. The summed E-state index contributed by atoms with van der Waals surface area (Å²) in [5.74, 6) is -0.905. The lowest BCUT2D eigenvalue weighted by molar-refractivity contribution is -0.116. The fourth-order valence-corrected chi connectivity index (χ4v) is 4.07. The van der Waals surface area contributed by atoms with E-state index in [1.165, 1.54) is 6.92 Å². The van der Waals surface area contributed by atoms with Crippen LogP contribution in [0.3, 0.4) is 0 Å². The van der Waals surface area contributed by atoms with Crippen molar-refractivity contribution in [3.8, 4) is 0 Å². The van der Waals surface area contributed by atoms with Crippen LogP contribution >= 0.6 is 0 Å². The standard InChI is InChI=1S/C22H28N2O5S/c1-5-6-14-29-22(26)18-10-12-19(13-11-18)23-21(25)17(3)24(30(4,27)28)20-9-7-8-16(2)15-20/h7-13,15,17H,5-6,14H2,1-4H3,(H,23,25).